The van der Waals surface area contributed by atoms with Gasteiger partial charge in [-0.15, -0.1) is 0 Å². The fraction of sp³-hybridized carbons (Fsp3) is 0.300. The van der Waals surface area contributed by atoms with Crippen LogP contribution in [0.2, 0.25) is 0 Å². The Labute approximate surface area is 362 Å². The Hall–Kier alpha value is -5.36. The van der Waals surface area contributed by atoms with Gasteiger partial charge in [0.15, 0.2) is 23.3 Å². The van der Waals surface area contributed by atoms with E-state index in [9.17, 15) is 13.2 Å². The lowest BCUT2D eigenvalue weighted by molar-refractivity contribution is 0.370. The third-order valence-electron chi connectivity index (χ3n) is 11.0. The smallest absolute Gasteiger partial charge is 0.200 e. The lowest BCUT2D eigenvalue weighted by atomic mass is 9.88. The van der Waals surface area contributed by atoms with Crippen molar-refractivity contribution in [2.75, 3.05) is 19.3 Å². The van der Waals surface area contributed by atoms with Gasteiger partial charge in [-0.2, -0.15) is 0 Å². The second-order valence-electron chi connectivity index (χ2n) is 15.7. The SMILES string of the molecule is C=C(Cc1c(F)c(F)c(F)c(F)c1F)C(Cc1cc(-c2ccc(N)c(CC(C)NC(=C)[C@@H](N)CCCNC)c2)ccc1CCc1ccccc1)NC(=S)CCc1ccccc1. The number of thiocarbonyl (C=S) groups is 1. The van der Waals surface area contributed by atoms with Crippen molar-refractivity contribution in [3.05, 3.63) is 184 Å². The molecule has 3 atom stereocenters. The van der Waals surface area contributed by atoms with Crippen LogP contribution in [0.15, 0.2) is 121 Å². The molecule has 0 amide bonds. The molecular formula is C50H56F5N5S. The number of aryl methyl sites for hydroxylation is 3. The van der Waals surface area contributed by atoms with Gasteiger partial charge in [0.2, 0.25) is 5.82 Å². The van der Waals surface area contributed by atoms with Crippen LogP contribution in [0.5, 0.6) is 0 Å². The number of anilines is 1. The number of hydrogen-bond donors (Lipinski definition) is 5. The molecule has 2 unspecified atom stereocenters. The van der Waals surface area contributed by atoms with E-state index in [-0.39, 0.29) is 24.1 Å². The summed E-state index contributed by atoms with van der Waals surface area (Å²) in [5.74, 6) is -9.96. The highest BCUT2D eigenvalue weighted by Crippen LogP contribution is 2.31. The Morgan fingerprint density at radius 3 is 1.89 bits per heavy atom. The van der Waals surface area contributed by atoms with E-state index >= 15 is 8.78 Å². The molecule has 0 saturated carbocycles. The maximum Gasteiger partial charge on any atom is 0.200 e. The minimum absolute atomic E-state index is 0.00220. The Morgan fingerprint density at radius 2 is 1.26 bits per heavy atom. The van der Waals surface area contributed by atoms with Crippen molar-refractivity contribution in [2.45, 2.75) is 82.8 Å². The normalized spacial score (nSPS) is 12.7. The van der Waals surface area contributed by atoms with E-state index in [0.717, 1.165) is 70.4 Å². The van der Waals surface area contributed by atoms with E-state index in [1.807, 2.05) is 67.7 Å². The summed E-state index contributed by atoms with van der Waals surface area (Å²) in [5.41, 5.74) is 20.5. The van der Waals surface area contributed by atoms with Crippen molar-refractivity contribution in [3.8, 4) is 11.1 Å². The standard InChI is InChI=1S/C50H56F5N5S/c1-31(26-41-46(51)48(53)50(55)49(54)47(41)52)44(60-45(61)24-18-35-14-9-6-10-15-35)30-39-28-37(21-20-36(39)19-17-34-12-7-5-8-13-34)38-22-23-43(57)40(29-38)27-32(2)59-33(3)42(56)16-11-25-58-4/h5-10,12-15,20-23,28-29,32,42,44,58-59H,1,3,11,16-19,24-27,30,56-57H2,2,4H3,(H,60,61)/t32?,42-,44?/m0/s1. The number of nitrogens with two attached hydrogens (primary N) is 2. The van der Waals surface area contributed by atoms with Crippen LogP contribution < -0.4 is 27.4 Å². The Balaban J connectivity index is 1.47. The first-order chi connectivity index (χ1) is 29.2. The van der Waals surface area contributed by atoms with Gasteiger partial charge in [-0.25, -0.2) is 22.0 Å². The summed E-state index contributed by atoms with van der Waals surface area (Å²) in [4.78, 5) is 0.474. The molecule has 0 spiro atoms. The van der Waals surface area contributed by atoms with Crippen LogP contribution in [0.4, 0.5) is 27.6 Å². The summed E-state index contributed by atoms with van der Waals surface area (Å²) in [6, 6.07) is 31.1. The fourth-order valence-corrected chi connectivity index (χ4v) is 7.69. The maximum atomic E-state index is 15.1. The van der Waals surface area contributed by atoms with E-state index < -0.39 is 47.1 Å². The van der Waals surface area contributed by atoms with Gasteiger partial charge in [-0.1, -0.05) is 116 Å². The molecule has 0 aliphatic carbocycles. The second kappa shape index (κ2) is 22.5. The van der Waals surface area contributed by atoms with Crippen LogP contribution in [0.25, 0.3) is 11.1 Å². The van der Waals surface area contributed by atoms with Crippen molar-refractivity contribution in [2.24, 2.45) is 5.73 Å². The van der Waals surface area contributed by atoms with E-state index in [2.05, 4.69) is 72.4 Å². The predicted octanol–water partition coefficient (Wildman–Crippen LogP) is 10.0. The summed E-state index contributed by atoms with van der Waals surface area (Å²) >= 11 is 5.81. The van der Waals surface area contributed by atoms with Gasteiger partial charge >= 0.3 is 0 Å². The van der Waals surface area contributed by atoms with E-state index in [0.29, 0.717) is 36.4 Å². The van der Waals surface area contributed by atoms with Crippen LogP contribution in [0, 0.1) is 29.1 Å². The summed E-state index contributed by atoms with van der Waals surface area (Å²) in [7, 11) is 1.91. The average molecular weight is 854 g/mol. The Morgan fingerprint density at radius 1 is 0.689 bits per heavy atom. The third kappa shape index (κ3) is 13.1. The maximum absolute atomic E-state index is 15.1. The molecule has 0 aliphatic rings. The zero-order valence-corrected chi connectivity index (χ0v) is 35.7. The quantitative estimate of drug-likeness (QED) is 0.00907. The number of hydrogen-bond acceptors (Lipinski definition) is 5. The van der Waals surface area contributed by atoms with Crippen LogP contribution in [0.3, 0.4) is 0 Å². The second-order valence-corrected chi connectivity index (χ2v) is 16.2. The Kier molecular flexibility index (Phi) is 17.2. The van der Waals surface area contributed by atoms with Crippen molar-refractivity contribution < 1.29 is 22.0 Å². The molecule has 0 fully saturated rings. The molecule has 322 valence electrons. The molecule has 5 rings (SSSR count). The van der Waals surface area contributed by atoms with Crippen LogP contribution in [-0.4, -0.2) is 36.7 Å². The van der Waals surface area contributed by atoms with Gasteiger partial charge in [0, 0.05) is 41.9 Å². The van der Waals surface area contributed by atoms with Gasteiger partial charge in [0.1, 0.15) is 0 Å². The highest BCUT2D eigenvalue weighted by Gasteiger charge is 2.28. The largest absolute Gasteiger partial charge is 0.399 e. The van der Waals surface area contributed by atoms with Crippen LogP contribution in [-0.2, 0) is 38.5 Å². The monoisotopic (exact) mass is 853 g/mol. The molecule has 5 aromatic rings. The topological polar surface area (TPSA) is 88.1 Å². The van der Waals surface area contributed by atoms with Gasteiger partial charge in [-0.05, 0) is 117 Å². The minimum Gasteiger partial charge on any atom is -0.399 e. The number of rotatable bonds is 22. The van der Waals surface area contributed by atoms with Crippen molar-refractivity contribution in [1.29, 1.82) is 0 Å². The first kappa shape index (κ1) is 46.7. The van der Waals surface area contributed by atoms with Gasteiger partial charge in [0.25, 0.3) is 0 Å². The number of nitrogen functional groups attached to an aromatic ring is 1. The highest BCUT2D eigenvalue weighted by molar-refractivity contribution is 7.80. The molecule has 0 aliphatic heterocycles. The molecule has 5 aromatic carbocycles. The fourth-order valence-electron chi connectivity index (χ4n) is 7.44. The molecule has 7 N–H and O–H groups in total. The highest BCUT2D eigenvalue weighted by atomic mass is 32.1. The number of benzene rings is 5. The van der Waals surface area contributed by atoms with Gasteiger partial charge in [-0.3, -0.25) is 0 Å². The van der Waals surface area contributed by atoms with Crippen molar-refractivity contribution >= 4 is 22.9 Å². The minimum atomic E-state index is -2.21. The molecule has 0 bridgehead atoms. The van der Waals surface area contributed by atoms with Gasteiger partial charge < -0.3 is 27.4 Å². The lowest BCUT2D eigenvalue weighted by Crippen LogP contribution is -2.38. The molecule has 11 heteroatoms. The van der Waals surface area contributed by atoms with E-state index in [1.165, 1.54) is 0 Å². The molecule has 0 aromatic heterocycles. The zero-order valence-electron chi connectivity index (χ0n) is 34.9. The molecule has 5 nitrogen and oxygen atoms in total. The first-order valence-corrected chi connectivity index (χ1v) is 21.1. The average Bonchev–Trinajstić information content (AvgIpc) is 3.26. The predicted molar refractivity (Wildman–Crippen MR) is 244 cm³/mol. The Bertz CT molecular complexity index is 2260. The van der Waals surface area contributed by atoms with Crippen molar-refractivity contribution in [3.63, 3.8) is 0 Å². The third-order valence-corrected chi connectivity index (χ3v) is 11.3. The van der Waals surface area contributed by atoms with Crippen LogP contribution >= 0.6 is 12.2 Å². The lowest BCUT2D eigenvalue weighted by Gasteiger charge is -2.25. The number of nitrogens with one attached hydrogen (secondary N) is 3. The summed E-state index contributed by atoms with van der Waals surface area (Å²) in [6.07, 6.45) is 4.53. The van der Waals surface area contributed by atoms with Crippen molar-refractivity contribution in [1.82, 2.24) is 16.0 Å². The zero-order chi connectivity index (χ0) is 44.1. The molecule has 0 radical (unpaired) electrons. The summed E-state index contributed by atoms with van der Waals surface area (Å²) in [6.45, 7) is 11.3. The molecular weight excluding hydrogens is 798 g/mol. The van der Waals surface area contributed by atoms with E-state index in [4.69, 9.17) is 23.7 Å². The molecule has 61 heavy (non-hydrogen) atoms. The summed E-state index contributed by atoms with van der Waals surface area (Å²) in [5, 5.41) is 9.95. The summed E-state index contributed by atoms with van der Waals surface area (Å²) < 4.78 is 72.9. The van der Waals surface area contributed by atoms with Crippen LogP contribution in [0.1, 0.15) is 59.6 Å². The first-order valence-electron chi connectivity index (χ1n) is 20.7. The van der Waals surface area contributed by atoms with Gasteiger partial charge in [0.05, 0.1) is 11.0 Å². The van der Waals surface area contributed by atoms with E-state index in [1.54, 1.807) is 0 Å². The number of halogens is 5. The molecule has 0 saturated heterocycles. The molecule has 0 heterocycles.